The molecule has 1 fully saturated rings. The molecule has 1 heterocycles. The first-order chi connectivity index (χ1) is 8.02. The zero-order valence-corrected chi connectivity index (χ0v) is 13.6. The Bertz CT molecular complexity index is 414. The van der Waals surface area contributed by atoms with Gasteiger partial charge in [-0.1, -0.05) is 34.5 Å². The van der Waals surface area contributed by atoms with Gasteiger partial charge < -0.3 is 5.73 Å². The van der Waals surface area contributed by atoms with E-state index in [2.05, 4.69) is 27.8 Å². The number of nitrogens with two attached hydrogens (primary N) is 1. The van der Waals surface area contributed by atoms with Crippen LogP contribution in [-0.2, 0) is 6.54 Å². The number of benzene rings is 1. The van der Waals surface area contributed by atoms with Crippen LogP contribution in [0.1, 0.15) is 18.9 Å². The van der Waals surface area contributed by atoms with Gasteiger partial charge in [0.2, 0.25) is 0 Å². The lowest BCUT2D eigenvalue weighted by atomic mass is 9.90. The quantitative estimate of drug-likeness (QED) is 0.897. The molecule has 1 aromatic rings. The number of hydrogen-bond donors (Lipinski definition) is 1. The lowest BCUT2D eigenvalue weighted by Crippen LogP contribution is -2.31. The number of likely N-dealkylation sites (tertiary alicyclic amines) is 1. The van der Waals surface area contributed by atoms with Gasteiger partial charge in [-0.15, -0.1) is 12.4 Å². The van der Waals surface area contributed by atoms with Crippen LogP contribution >= 0.6 is 39.9 Å². The number of rotatable bonds is 3. The lowest BCUT2D eigenvalue weighted by Gasteiger charge is -2.23. The molecule has 0 saturated carbocycles. The van der Waals surface area contributed by atoms with Gasteiger partial charge in [0.25, 0.3) is 0 Å². The van der Waals surface area contributed by atoms with Gasteiger partial charge in [0.1, 0.15) is 0 Å². The molecular weight excluding hydrogens is 335 g/mol. The Kier molecular flexibility index (Phi) is 5.94. The molecule has 1 saturated heterocycles. The topological polar surface area (TPSA) is 29.3 Å². The highest BCUT2D eigenvalue weighted by atomic mass is 79.9. The van der Waals surface area contributed by atoms with E-state index in [4.69, 9.17) is 17.3 Å². The van der Waals surface area contributed by atoms with Crippen LogP contribution in [0.5, 0.6) is 0 Å². The molecule has 0 bridgehead atoms. The summed E-state index contributed by atoms with van der Waals surface area (Å²) in [4.78, 5) is 2.45. The summed E-state index contributed by atoms with van der Waals surface area (Å²) in [7, 11) is 0. The van der Waals surface area contributed by atoms with Crippen molar-refractivity contribution in [3.05, 3.63) is 33.3 Å². The molecule has 0 aromatic heterocycles. The van der Waals surface area contributed by atoms with Crippen molar-refractivity contribution < 1.29 is 0 Å². The van der Waals surface area contributed by atoms with E-state index in [0.29, 0.717) is 0 Å². The van der Waals surface area contributed by atoms with Crippen molar-refractivity contribution >= 4 is 39.9 Å². The van der Waals surface area contributed by atoms with Gasteiger partial charge >= 0.3 is 0 Å². The summed E-state index contributed by atoms with van der Waals surface area (Å²) in [6.45, 7) is 6.16. The third-order valence-corrected chi connectivity index (χ3v) is 4.54. The molecule has 2 nitrogen and oxygen atoms in total. The molecule has 1 aromatic carbocycles. The van der Waals surface area contributed by atoms with E-state index < -0.39 is 0 Å². The Labute approximate surface area is 128 Å². The monoisotopic (exact) mass is 352 g/mol. The molecule has 102 valence electrons. The fraction of sp³-hybridized carbons (Fsp3) is 0.538. The number of nitrogens with zero attached hydrogens (tertiary/aromatic N) is 1. The average molecular weight is 354 g/mol. The Morgan fingerprint density at radius 2 is 2.22 bits per heavy atom. The van der Waals surface area contributed by atoms with Crippen LogP contribution in [0.25, 0.3) is 0 Å². The zero-order chi connectivity index (χ0) is 12.5. The minimum atomic E-state index is 0. The first-order valence-corrected chi connectivity index (χ1v) is 7.06. The van der Waals surface area contributed by atoms with Gasteiger partial charge in [-0.05, 0) is 48.7 Å². The van der Waals surface area contributed by atoms with Gasteiger partial charge in [-0.2, -0.15) is 0 Å². The Morgan fingerprint density at radius 1 is 1.50 bits per heavy atom. The van der Waals surface area contributed by atoms with Crippen LogP contribution in [0.15, 0.2) is 22.7 Å². The van der Waals surface area contributed by atoms with Crippen LogP contribution in [0.3, 0.4) is 0 Å². The van der Waals surface area contributed by atoms with E-state index in [1.807, 2.05) is 18.2 Å². The Morgan fingerprint density at radius 3 is 2.83 bits per heavy atom. The molecule has 2 rings (SSSR count). The second kappa shape index (κ2) is 6.58. The Hall–Kier alpha value is 0.200. The van der Waals surface area contributed by atoms with Crippen LogP contribution in [0.2, 0.25) is 5.02 Å². The van der Waals surface area contributed by atoms with Crippen molar-refractivity contribution in [3.8, 4) is 0 Å². The molecule has 1 unspecified atom stereocenters. The van der Waals surface area contributed by atoms with E-state index >= 15 is 0 Å². The third-order valence-electron chi connectivity index (χ3n) is 3.53. The fourth-order valence-corrected chi connectivity index (χ4v) is 2.90. The van der Waals surface area contributed by atoms with Crippen molar-refractivity contribution in [2.24, 2.45) is 11.1 Å². The molecular formula is C13H19BrCl2N2. The normalized spacial score (nSPS) is 24.0. The predicted octanol–water partition coefficient (Wildman–Crippen LogP) is 3.70. The maximum Gasteiger partial charge on any atom is 0.0410 e. The van der Waals surface area contributed by atoms with Gasteiger partial charge in [0.05, 0.1) is 0 Å². The molecule has 1 atom stereocenters. The van der Waals surface area contributed by atoms with Crippen LogP contribution < -0.4 is 5.73 Å². The van der Waals surface area contributed by atoms with Crippen molar-refractivity contribution in [2.75, 3.05) is 19.6 Å². The molecule has 2 N–H and O–H groups in total. The molecule has 1 aliphatic rings. The highest BCUT2D eigenvalue weighted by molar-refractivity contribution is 9.10. The molecule has 5 heteroatoms. The van der Waals surface area contributed by atoms with Crippen LogP contribution in [0.4, 0.5) is 0 Å². The first kappa shape index (κ1) is 16.3. The molecule has 18 heavy (non-hydrogen) atoms. The third kappa shape index (κ3) is 3.84. The van der Waals surface area contributed by atoms with Crippen molar-refractivity contribution in [1.82, 2.24) is 4.90 Å². The van der Waals surface area contributed by atoms with Crippen molar-refractivity contribution in [2.45, 2.75) is 19.9 Å². The van der Waals surface area contributed by atoms with Gasteiger partial charge in [0, 0.05) is 22.6 Å². The van der Waals surface area contributed by atoms with E-state index in [9.17, 15) is 0 Å². The SMILES string of the molecule is CC1(CN)CCN(Cc2cc(Cl)ccc2Br)C1.Cl. The smallest absolute Gasteiger partial charge is 0.0410 e. The second-order valence-corrected chi connectivity index (χ2v) is 6.50. The minimum absolute atomic E-state index is 0. The van der Waals surface area contributed by atoms with E-state index in [1.165, 1.54) is 12.0 Å². The van der Waals surface area contributed by atoms with E-state index in [-0.39, 0.29) is 17.8 Å². The highest BCUT2D eigenvalue weighted by Crippen LogP contribution is 2.31. The lowest BCUT2D eigenvalue weighted by molar-refractivity contribution is 0.274. The Balaban J connectivity index is 0.00000162. The zero-order valence-electron chi connectivity index (χ0n) is 10.5. The van der Waals surface area contributed by atoms with E-state index in [1.54, 1.807) is 0 Å². The molecule has 0 radical (unpaired) electrons. The summed E-state index contributed by atoms with van der Waals surface area (Å²) < 4.78 is 1.13. The predicted molar refractivity (Wildman–Crippen MR) is 83.5 cm³/mol. The summed E-state index contributed by atoms with van der Waals surface area (Å²) in [5, 5.41) is 0.795. The number of hydrogen-bond acceptors (Lipinski definition) is 2. The van der Waals surface area contributed by atoms with Gasteiger partial charge in [-0.3, -0.25) is 4.90 Å². The van der Waals surface area contributed by atoms with Crippen LogP contribution in [0, 0.1) is 5.41 Å². The number of halogens is 3. The van der Waals surface area contributed by atoms with Gasteiger partial charge in [0.15, 0.2) is 0 Å². The standard InChI is InChI=1S/C13H18BrClN2.ClH/c1-13(8-16)4-5-17(9-13)7-10-6-11(15)2-3-12(10)14;/h2-3,6H,4-5,7-9,16H2,1H3;1H. The summed E-state index contributed by atoms with van der Waals surface area (Å²) in [5.41, 5.74) is 7.35. The molecule has 0 spiro atoms. The van der Waals surface area contributed by atoms with E-state index in [0.717, 1.165) is 35.7 Å². The average Bonchev–Trinajstić information content (AvgIpc) is 2.67. The van der Waals surface area contributed by atoms with Gasteiger partial charge in [-0.25, -0.2) is 0 Å². The second-order valence-electron chi connectivity index (χ2n) is 5.21. The molecule has 0 aliphatic carbocycles. The van der Waals surface area contributed by atoms with Crippen molar-refractivity contribution in [3.63, 3.8) is 0 Å². The summed E-state index contributed by atoms with van der Waals surface area (Å²) >= 11 is 9.60. The molecule has 1 aliphatic heterocycles. The fourth-order valence-electron chi connectivity index (χ4n) is 2.33. The minimum Gasteiger partial charge on any atom is -0.330 e. The highest BCUT2D eigenvalue weighted by Gasteiger charge is 2.32. The van der Waals surface area contributed by atoms with Crippen LogP contribution in [-0.4, -0.2) is 24.5 Å². The molecule has 0 amide bonds. The summed E-state index contributed by atoms with van der Waals surface area (Å²) in [5.74, 6) is 0. The maximum atomic E-state index is 6.03. The summed E-state index contributed by atoms with van der Waals surface area (Å²) in [6.07, 6.45) is 1.18. The largest absolute Gasteiger partial charge is 0.330 e. The van der Waals surface area contributed by atoms with Crippen molar-refractivity contribution in [1.29, 1.82) is 0 Å². The first-order valence-electron chi connectivity index (χ1n) is 5.89. The summed E-state index contributed by atoms with van der Waals surface area (Å²) in [6, 6.07) is 5.95. The maximum absolute atomic E-state index is 6.03.